The highest BCUT2D eigenvalue weighted by Crippen LogP contribution is 2.35. The number of aryl methyl sites for hydroxylation is 2. The van der Waals surface area contributed by atoms with Crippen LogP contribution in [0.2, 0.25) is 0 Å². The number of carbonyl (C=O) groups is 3. The number of hydrogen-bond acceptors (Lipinski definition) is 8. The first-order chi connectivity index (χ1) is 23.7. The van der Waals surface area contributed by atoms with Crippen molar-refractivity contribution < 1.29 is 33.0 Å². The van der Waals surface area contributed by atoms with E-state index in [9.17, 15) is 43.4 Å². The Labute approximate surface area is 284 Å². The van der Waals surface area contributed by atoms with Crippen molar-refractivity contribution in [3.05, 3.63) is 113 Å². The Morgan fingerprint density at radius 2 is 1.30 bits per heavy atom. The molecule has 14 nitrogen and oxygen atoms in total. The van der Waals surface area contributed by atoms with Crippen molar-refractivity contribution in [3.63, 3.8) is 0 Å². The number of anilines is 2. The highest BCUT2D eigenvalue weighted by molar-refractivity contribution is 6.34. The molecule has 0 aliphatic carbocycles. The Morgan fingerprint density at radius 1 is 0.760 bits per heavy atom. The summed E-state index contributed by atoms with van der Waals surface area (Å²) in [7, 11) is 0. The van der Waals surface area contributed by atoms with Gasteiger partial charge in [0, 0.05) is 22.6 Å². The zero-order valence-corrected chi connectivity index (χ0v) is 27.7. The summed E-state index contributed by atoms with van der Waals surface area (Å²) in [6.07, 6.45) is 5.17. The molecule has 0 unspecified atom stereocenters. The molecule has 1 saturated heterocycles. The minimum Gasteiger partial charge on any atom is -0.353 e. The second kappa shape index (κ2) is 15.9. The molecule has 3 aliphatic heterocycles. The van der Waals surface area contributed by atoms with Crippen LogP contribution in [0.3, 0.4) is 0 Å². The zero-order valence-electron chi connectivity index (χ0n) is 27.7. The van der Waals surface area contributed by atoms with Gasteiger partial charge in [0.1, 0.15) is 11.6 Å². The molecular weight excluding hydrogens is 656 g/mol. The van der Waals surface area contributed by atoms with E-state index in [4.69, 9.17) is 0 Å². The fourth-order valence-electron chi connectivity index (χ4n) is 5.61. The second-order valence-electron chi connectivity index (χ2n) is 11.6. The molecule has 50 heavy (non-hydrogen) atoms. The summed E-state index contributed by atoms with van der Waals surface area (Å²) in [5.74, 6) is -1.17. The number of halogens is 2. The van der Waals surface area contributed by atoms with Gasteiger partial charge >= 0.3 is 0 Å². The summed E-state index contributed by atoms with van der Waals surface area (Å²) in [6.45, 7) is 8.81. The molecule has 5 heterocycles. The Bertz CT molecular complexity index is 2000. The van der Waals surface area contributed by atoms with Crippen molar-refractivity contribution in [2.75, 3.05) is 23.7 Å². The smallest absolute Gasteiger partial charge is 0.293 e. The average molecular weight is 692 g/mol. The van der Waals surface area contributed by atoms with Crippen LogP contribution in [0.25, 0.3) is 11.6 Å². The Morgan fingerprint density at radius 3 is 1.80 bits per heavy atom. The molecule has 0 saturated carbocycles. The van der Waals surface area contributed by atoms with E-state index in [1.54, 1.807) is 33.8 Å². The minimum atomic E-state index is -0.492. The number of carbonyl (C=O) groups excluding carboxylic acids is 3. The molecule has 4 aromatic rings. The lowest BCUT2D eigenvalue weighted by atomic mass is 10.0. The van der Waals surface area contributed by atoms with Crippen LogP contribution in [-0.4, -0.2) is 51.0 Å². The van der Waals surface area contributed by atoms with E-state index in [-0.39, 0.29) is 40.3 Å². The normalized spacial score (nSPS) is 14.6. The monoisotopic (exact) mass is 691 g/mol. The fraction of sp³-hybridized carbons (Fsp3) is 0.265. The summed E-state index contributed by atoms with van der Waals surface area (Å²) in [4.78, 5) is 59.2. The number of hydrogen-bond donors (Lipinski definition) is 5. The van der Waals surface area contributed by atoms with Gasteiger partial charge < -0.3 is 25.9 Å². The van der Waals surface area contributed by atoms with Gasteiger partial charge in [-0.3, -0.25) is 34.6 Å². The Balaban J connectivity index is 0.000000169. The lowest BCUT2D eigenvalue weighted by Crippen LogP contribution is -2.03. The number of nitrogens with zero attached hydrogens (tertiary/aromatic N) is 2. The predicted octanol–water partition coefficient (Wildman–Crippen LogP) is 6.21. The van der Waals surface area contributed by atoms with Crippen molar-refractivity contribution in [1.29, 1.82) is 0 Å². The van der Waals surface area contributed by atoms with Gasteiger partial charge in [-0.2, -0.15) is 0 Å². The van der Waals surface area contributed by atoms with Gasteiger partial charge in [0.05, 0.1) is 50.0 Å². The highest BCUT2D eigenvalue weighted by Gasteiger charge is 2.27. The van der Waals surface area contributed by atoms with E-state index in [0.717, 1.165) is 11.3 Å². The van der Waals surface area contributed by atoms with E-state index < -0.39 is 15.7 Å². The van der Waals surface area contributed by atoms with Gasteiger partial charge in [0.15, 0.2) is 6.29 Å². The number of nitrogens with one attached hydrogen (secondary N) is 5. The number of aldehydes is 1. The number of H-pyrrole nitrogens is 2. The van der Waals surface area contributed by atoms with Crippen LogP contribution < -0.4 is 16.0 Å². The minimum absolute atomic E-state index is 0.00269. The molecule has 2 aromatic carbocycles. The quantitative estimate of drug-likeness (QED) is 0.0718. The summed E-state index contributed by atoms with van der Waals surface area (Å²) in [6, 6.07) is 8.31. The van der Waals surface area contributed by atoms with Crippen LogP contribution in [-0.2, 0) is 16.0 Å². The number of benzene rings is 2. The molecule has 2 amide bonds. The molecule has 262 valence electrons. The molecule has 1 fully saturated rings. The highest BCUT2D eigenvalue weighted by atomic mass is 19.1. The van der Waals surface area contributed by atoms with Crippen LogP contribution in [0.15, 0.2) is 36.4 Å². The lowest BCUT2D eigenvalue weighted by molar-refractivity contribution is -0.386. The summed E-state index contributed by atoms with van der Waals surface area (Å²) >= 11 is 0. The first-order valence-corrected chi connectivity index (χ1v) is 15.5. The molecule has 7 rings (SSSR count). The summed E-state index contributed by atoms with van der Waals surface area (Å²) in [5, 5.41) is 30.0. The lowest BCUT2D eigenvalue weighted by Gasteiger charge is -1.98. The molecule has 16 heteroatoms. The number of nitro groups is 2. The zero-order chi connectivity index (χ0) is 36.7. The fourth-order valence-corrected chi connectivity index (χ4v) is 5.61. The maximum absolute atomic E-state index is 13.4. The second-order valence-corrected chi connectivity index (χ2v) is 11.6. The van der Waals surface area contributed by atoms with E-state index in [1.165, 1.54) is 62.3 Å². The number of aromatic nitrogens is 2. The summed E-state index contributed by atoms with van der Waals surface area (Å²) in [5.41, 5.74) is 5.10. The van der Waals surface area contributed by atoms with Gasteiger partial charge in [-0.05, 0) is 102 Å². The number of rotatable bonds is 4. The largest absolute Gasteiger partial charge is 0.353 e. The molecular formula is C34H35F2N7O7. The first-order valence-electron chi connectivity index (χ1n) is 15.5. The molecule has 0 radical (unpaired) electrons. The van der Waals surface area contributed by atoms with Gasteiger partial charge in [0.2, 0.25) is 5.91 Å². The van der Waals surface area contributed by atoms with E-state index in [2.05, 4.69) is 25.9 Å². The third-order valence-electron chi connectivity index (χ3n) is 8.06. The third-order valence-corrected chi connectivity index (χ3v) is 8.06. The van der Waals surface area contributed by atoms with Gasteiger partial charge in [-0.25, -0.2) is 8.78 Å². The van der Waals surface area contributed by atoms with Crippen LogP contribution in [0.1, 0.15) is 62.7 Å². The van der Waals surface area contributed by atoms with Gasteiger partial charge in [-0.1, -0.05) is 0 Å². The molecule has 0 atom stereocenters. The topological polar surface area (TPSA) is 205 Å². The predicted molar refractivity (Wildman–Crippen MR) is 183 cm³/mol. The number of aromatic amines is 2. The number of fused-ring (bicyclic) bond motifs is 2. The van der Waals surface area contributed by atoms with Gasteiger partial charge in [-0.15, -0.1) is 0 Å². The molecule has 0 bridgehead atoms. The van der Waals surface area contributed by atoms with Crippen molar-refractivity contribution >= 4 is 52.5 Å². The number of amides is 2. The van der Waals surface area contributed by atoms with Crippen molar-refractivity contribution in [1.82, 2.24) is 15.3 Å². The average Bonchev–Trinajstić information content (AvgIpc) is 3.88. The maximum atomic E-state index is 13.4. The van der Waals surface area contributed by atoms with E-state index in [1.807, 2.05) is 0 Å². The van der Waals surface area contributed by atoms with Gasteiger partial charge in [0.25, 0.3) is 17.3 Å². The SMILES string of the molecule is C1CCNC1.Cc1[nH]c(/C=C2\C(=O)Nc3ccc(F)cc32)c(C)c1[N+](=O)[O-].Cc1[nH]c(C=O)c(C)c1[N+](=O)[O-].O=C1Cc2cc(F)ccc2N1. The molecule has 3 aliphatic rings. The van der Waals surface area contributed by atoms with E-state index >= 15 is 0 Å². The Kier molecular flexibility index (Phi) is 11.7. The van der Waals surface area contributed by atoms with Crippen LogP contribution >= 0.6 is 0 Å². The van der Waals surface area contributed by atoms with Crippen LogP contribution in [0.4, 0.5) is 31.5 Å². The first kappa shape index (κ1) is 36.8. The van der Waals surface area contributed by atoms with E-state index in [0.29, 0.717) is 52.2 Å². The molecule has 2 aromatic heterocycles. The van der Waals surface area contributed by atoms with Crippen molar-refractivity contribution in [2.45, 2.75) is 47.0 Å². The van der Waals surface area contributed by atoms with Crippen LogP contribution in [0.5, 0.6) is 0 Å². The third kappa shape index (κ3) is 8.51. The standard InChI is InChI=1S/C15H12FN3O3.C8H6FNO.C7H8N2O3.C4H9N/c1-7-13(17-8(2)14(7)19(21)22)6-11-10-5-9(16)3-4-12(10)18-15(11)20;9-6-1-2-7-5(3-6)4-8(11)10-7;1-4-6(3-10)8-5(2)7(4)9(11)12;1-2-4-5-3-1/h3-6,17H,1-2H3,(H,18,20);1-3H,4H2,(H,10,11);3,8H,1-2H3;5H,1-4H2/b11-6-;;;. The van der Waals surface area contributed by atoms with Crippen molar-refractivity contribution in [3.8, 4) is 0 Å². The van der Waals surface area contributed by atoms with Crippen molar-refractivity contribution in [2.24, 2.45) is 0 Å². The molecule has 0 spiro atoms. The Hall–Kier alpha value is -6.03. The summed E-state index contributed by atoms with van der Waals surface area (Å²) < 4.78 is 25.9. The molecule has 5 N–H and O–H groups in total. The maximum Gasteiger partial charge on any atom is 0.293 e. The van der Waals surface area contributed by atoms with Crippen LogP contribution in [0, 0.1) is 59.6 Å².